The predicted molar refractivity (Wildman–Crippen MR) is 66.7 cm³/mol. The van der Waals surface area contributed by atoms with Crippen LogP contribution in [-0.4, -0.2) is 24.8 Å². The van der Waals surface area contributed by atoms with E-state index >= 15 is 0 Å². The van der Waals surface area contributed by atoms with Gasteiger partial charge in [0.15, 0.2) is 0 Å². The Morgan fingerprint density at radius 1 is 1.44 bits per heavy atom. The molecule has 0 spiro atoms. The van der Waals surface area contributed by atoms with Gasteiger partial charge in [-0.15, -0.1) is 0 Å². The molecule has 18 heavy (non-hydrogen) atoms. The van der Waals surface area contributed by atoms with E-state index in [0.717, 1.165) is 18.6 Å². The van der Waals surface area contributed by atoms with E-state index in [1.165, 1.54) is 0 Å². The van der Waals surface area contributed by atoms with Gasteiger partial charge in [0.2, 0.25) is 0 Å². The topological polar surface area (TPSA) is 59.6 Å². The average molecular weight is 250 g/mol. The molecule has 0 bridgehead atoms. The summed E-state index contributed by atoms with van der Waals surface area (Å²) in [6.07, 6.45) is 0.525. The lowest BCUT2D eigenvalue weighted by atomic mass is 10.2. The molecule has 98 valence electrons. The third-order valence-electron chi connectivity index (χ3n) is 2.95. The Bertz CT molecular complexity index is 383. The smallest absolute Gasteiger partial charge is 0.421 e. The van der Waals surface area contributed by atoms with Crippen molar-refractivity contribution in [3.05, 3.63) is 35.9 Å². The molecule has 1 fully saturated rings. The summed E-state index contributed by atoms with van der Waals surface area (Å²) in [6.45, 7) is 2.96. The van der Waals surface area contributed by atoms with Gasteiger partial charge in [-0.3, -0.25) is 5.43 Å². The minimum absolute atomic E-state index is 0.111. The SMILES string of the molecule is C[C@@H]1OCC[C@H]1NNC(=O)OCc1ccccc1. The summed E-state index contributed by atoms with van der Waals surface area (Å²) in [6, 6.07) is 9.71. The van der Waals surface area contributed by atoms with Crippen molar-refractivity contribution in [3.63, 3.8) is 0 Å². The second-order valence-electron chi connectivity index (χ2n) is 4.30. The third kappa shape index (κ3) is 3.72. The Labute approximate surface area is 106 Å². The fourth-order valence-electron chi connectivity index (χ4n) is 1.83. The van der Waals surface area contributed by atoms with Crippen LogP contribution in [0.15, 0.2) is 30.3 Å². The van der Waals surface area contributed by atoms with Gasteiger partial charge in [-0.2, -0.15) is 0 Å². The molecular formula is C13H18N2O3. The summed E-state index contributed by atoms with van der Waals surface area (Å²) in [5.74, 6) is 0. The fraction of sp³-hybridized carbons (Fsp3) is 0.462. The molecule has 0 aliphatic carbocycles. The minimum Gasteiger partial charge on any atom is -0.444 e. The van der Waals surface area contributed by atoms with Crippen LogP contribution in [0.3, 0.4) is 0 Å². The Kier molecular flexibility index (Phi) is 4.55. The van der Waals surface area contributed by atoms with Crippen LogP contribution >= 0.6 is 0 Å². The Balaban J connectivity index is 1.66. The van der Waals surface area contributed by atoms with E-state index in [1.54, 1.807) is 0 Å². The molecule has 2 N–H and O–H groups in total. The van der Waals surface area contributed by atoms with Crippen LogP contribution < -0.4 is 10.9 Å². The number of rotatable bonds is 4. The normalized spacial score (nSPS) is 22.7. The van der Waals surface area contributed by atoms with Crippen molar-refractivity contribution in [2.45, 2.75) is 32.1 Å². The third-order valence-corrected chi connectivity index (χ3v) is 2.95. The molecule has 0 radical (unpaired) electrons. The number of nitrogens with one attached hydrogen (secondary N) is 2. The van der Waals surface area contributed by atoms with Crippen LogP contribution in [0.2, 0.25) is 0 Å². The number of hydrogen-bond donors (Lipinski definition) is 2. The molecule has 2 atom stereocenters. The molecule has 1 amide bonds. The fourth-order valence-corrected chi connectivity index (χ4v) is 1.83. The van der Waals surface area contributed by atoms with Crippen LogP contribution in [0.4, 0.5) is 4.79 Å². The minimum atomic E-state index is -0.474. The van der Waals surface area contributed by atoms with Gasteiger partial charge in [-0.1, -0.05) is 30.3 Å². The Morgan fingerprint density at radius 3 is 2.89 bits per heavy atom. The highest BCUT2D eigenvalue weighted by molar-refractivity contribution is 5.66. The lowest BCUT2D eigenvalue weighted by Crippen LogP contribution is -2.47. The van der Waals surface area contributed by atoms with E-state index in [-0.39, 0.29) is 18.8 Å². The summed E-state index contributed by atoms with van der Waals surface area (Å²) < 4.78 is 10.4. The summed E-state index contributed by atoms with van der Waals surface area (Å²) in [4.78, 5) is 11.4. The summed E-state index contributed by atoms with van der Waals surface area (Å²) >= 11 is 0. The van der Waals surface area contributed by atoms with E-state index in [4.69, 9.17) is 9.47 Å². The molecular weight excluding hydrogens is 232 g/mol. The predicted octanol–water partition coefficient (Wildman–Crippen LogP) is 1.59. The van der Waals surface area contributed by atoms with Gasteiger partial charge in [0.1, 0.15) is 6.61 Å². The quantitative estimate of drug-likeness (QED) is 0.797. The number of benzene rings is 1. The second kappa shape index (κ2) is 6.37. The zero-order valence-electron chi connectivity index (χ0n) is 10.4. The van der Waals surface area contributed by atoms with Crippen molar-refractivity contribution in [2.75, 3.05) is 6.61 Å². The van der Waals surface area contributed by atoms with Crippen LogP contribution in [0.1, 0.15) is 18.9 Å². The number of hydrazine groups is 1. The highest BCUT2D eigenvalue weighted by Gasteiger charge is 2.24. The maximum atomic E-state index is 11.4. The first-order valence-electron chi connectivity index (χ1n) is 6.09. The van der Waals surface area contributed by atoms with Gasteiger partial charge in [0, 0.05) is 6.61 Å². The summed E-state index contributed by atoms with van der Waals surface area (Å²) in [5, 5.41) is 0. The highest BCUT2D eigenvalue weighted by Crippen LogP contribution is 2.11. The van der Waals surface area contributed by atoms with Gasteiger partial charge >= 0.3 is 6.09 Å². The number of ether oxygens (including phenoxy) is 2. The van der Waals surface area contributed by atoms with Crippen LogP contribution in [0.25, 0.3) is 0 Å². The molecule has 0 unspecified atom stereocenters. The lowest BCUT2D eigenvalue weighted by Gasteiger charge is -2.16. The molecule has 1 heterocycles. The Morgan fingerprint density at radius 2 is 2.22 bits per heavy atom. The maximum absolute atomic E-state index is 11.4. The van der Waals surface area contributed by atoms with Crippen molar-refractivity contribution in [1.82, 2.24) is 10.9 Å². The largest absolute Gasteiger partial charge is 0.444 e. The monoisotopic (exact) mass is 250 g/mol. The van der Waals surface area contributed by atoms with Crippen LogP contribution in [0.5, 0.6) is 0 Å². The molecule has 1 saturated heterocycles. The molecule has 2 rings (SSSR count). The van der Waals surface area contributed by atoms with E-state index in [0.29, 0.717) is 0 Å². The maximum Gasteiger partial charge on any atom is 0.421 e. The first-order chi connectivity index (χ1) is 8.75. The van der Waals surface area contributed by atoms with Crippen molar-refractivity contribution < 1.29 is 14.3 Å². The zero-order chi connectivity index (χ0) is 12.8. The number of hydrogen-bond acceptors (Lipinski definition) is 4. The summed E-state index contributed by atoms with van der Waals surface area (Å²) in [7, 11) is 0. The number of amides is 1. The van der Waals surface area contributed by atoms with Crippen molar-refractivity contribution >= 4 is 6.09 Å². The molecule has 1 aromatic rings. The van der Waals surface area contributed by atoms with Crippen LogP contribution in [0, 0.1) is 0 Å². The van der Waals surface area contributed by atoms with Gasteiger partial charge < -0.3 is 9.47 Å². The molecule has 1 aliphatic rings. The average Bonchev–Trinajstić information content (AvgIpc) is 2.81. The summed E-state index contributed by atoms with van der Waals surface area (Å²) in [5.41, 5.74) is 6.42. The van der Waals surface area contributed by atoms with Gasteiger partial charge in [-0.05, 0) is 18.9 Å². The molecule has 1 aliphatic heterocycles. The first-order valence-corrected chi connectivity index (χ1v) is 6.09. The van der Waals surface area contributed by atoms with E-state index in [2.05, 4.69) is 10.9 Å². The van der Waals surface area contributed by atoms with Crippen molar-refractivity contribution in [1.29, 1.82) is 0 Å². The lowest BCUT2D eigenvalue weighted by molar-refractivity contribution is 0.104. The first kappa shape index (κ1) is 12.9. The zero-order valence-corrected chi connectivity index (χ0v) is 10.4. The number of carbonyl (C=O) groups excluding carboxylic acids is 1. The number of carbonyl (C=O) groups is 1. The standard InChI is InChI=1S/C13H18N2O3/c1-10-12(7-8-17-10)14-15-13(16)18-9-11-5-3-2-4-6-11/h2-6,10,12,14H,7-9H2,1H3,(H,15,16)/t10-,12+/m0/s1. The van der Waals surface area contributed by atoms with Gasteiger partial charge in [0.05, 0.1) is 12.1 Å². The van der Waals surface area contributed by atoms with Crippen LogP contribution in [-0.2, 0) is 16.1 Å². The Hall–Kier alpha value is -1.59. The molecule has 5 nitrogen and oxygen atoms in total. The van der Waals surface area contributed by atoms with E-state index in [1.807, 2.05) is 37.3 Å². The van der Waals surface area contributed by atoms with E-state index < -0.39 is 6.09 Å². The van der Waals surface area contributed by atoms with Crippen molar-refractivity contribution in [3.8, 4) is 0 Å². The second-order valence-corrected chi connectivity index (χ2v) is 4.30. The molecule has 5 heteroatoms. The molecule has 1 aromatic carbocycles. The molecule has 0 aromatic heterocycles. The highest BCUT2D eigenvalue weighted by atomic mass is 16.6. The van der Waals surface area contributed by atoms with E-state index in [9.17, 15) is 4.79 Å². The van der Waals surface area contributed by atoms with Crippen molar-refractivity contribution in [2.24, 2.45) is 0 Å². The molecule has 0 saturated carbocycles. The van der Waals surface area contributed by atoms with Gasteiger partial charge in [-0.25, -0.2) is 10.2 Å². The van der Waals surface area contributed by atoms with Gasteiger partial charge in [0.25, 0.3) is 0 Å².